The van der Waals surface area contributed by atoms with Crippen molar-refractivity contribution in [2.24, 2.45) is 5.73 Å². The van der Waals surface area contributed by atoms with E-state index < -0.39 is 49.1 Å². The molecule has 2 aromatic carbocycles. The summed E-state index contributed by atoms with van der Waals surface area (Å²) in [6.07, 6.45) is -1.22. The second-order valence-corrected chi connectivity index (χ2v) is 10.4. The van der Waals surface area contributed by atoms with Crippen LogP contribution >= 0.6 is 11.3 Å². The van der Waals surface area contributed by atoms with Gasteiger partial charge in [-0.05, 0) is 48.4 Å². The fourth-order valence-electron chi connectivity index (χ4n) is 4.51. The maximum absolute atomic E-state index is 13.3. The molecule has 0 spiro atoms. The molecular weight excluding hydrogens is 559 g/mol. The van der Waals surface area contributed by atoms with Crippen LogP contribution in [0.15, 0.2) is 60.0 Å². The summed E-state index contributed by atoms with van der Waals surface area (Å²) in [6.45, 7) is -2.10. The van der Waals surface area contributed by atoms with Gasteiger partial charge in [-0.25, -0.2) is 4.39 Å². The number of hydrogen-bond acceptors (Lipinski definition) is 6. The predicted molar refractivity (Wildman–Crippen MR) is 147 cm³/mol. The highest BCUT2D eigenvalue weighted by molar-refractivity contribution is 7.10. The molecule has 9 nitrogen and oxygen atoms in total. The Morgan fingerprint density at radius 2 is 1.85 bits per heavy atom. The number of alkyl halides is 2. The van der Waals surface area contributed by atoms with Crippen LogP contribution in [0.2, 0.25) is 0 Å². The van der Waals surface area contributed by atoms with E-state index >= 15 is 0 Å². The van der Waals surface area contributed by atoms with Crippen molar-refractivity contribution in [2.45, 2.75) is 38.1 Å². The molecule has 0 radical (unpaired) electrons. The minimum Gasteiger partial charge on any atom is -0.384 e. The van der Waals surface area contributed by atoms with Crippen molar-refractivity contribution in [3.05, 3.63) is 81.8 Å². The lowest BCUT2D eigenvalue weighted by Gasteiger charge is -2.25. The van der Waals surface area contributed by atoms with E-state index in [0.29, 0.717) is 16.7 Å². The number of nitrogen functional groups attached to an aromatic ring is 1. The van der Waals surface area contributed by atoms with Gasteiger partial charge in [0.2, 0.25) is 11.8 Å². The number of benzene rings is 2. The summed E-state index contributed by atoms with van der Waals surface area (Å²) < 4.78 is 43.7. The number of hydrogen-bond donors (Lipinski definition) is 4. The first-order valence-electron chi connectivity index (χ1n) is 12.6. The molecule has 13 heteroatoms. The number of ether oxygens (including phenoxy) is 1. The molecule has 3 atom stereocenters. The molecule has 5 N–H and O–H groups in total. The van der Waals surface area contributed by atoms with Crippen LogP contribution in [0, 0.1) is 11.2 Å². The molecule has 0 bridgehead atoms. The Labute approximate surface area is 238 Å². The summed E-state index contributed by atoms with van der Waals surface area (Å²) in [5, 5.41) is 14.5. The van der Waals surface area contributed by atoms with Gasteiger partial charge in [0.1, 0.15) is 17.7 Å². The maximum atomic E-state index is 13.3. The number of amides is 3. The first kappa shape index (κ1) is 29.7. The molecule has 0 aliphatic carbocycles. The number of nitrogens with zero attached hydrogens (tertiary/aromatic N) is 1. The van der Waals surface area contributed by atoms with Crippen molar-refractivity contribution in [1.29, 1.82) is 5.41 Å². The van der Waals surface area contributed by atoms with E-state index in [1.54, 1.807) is 54.8 Å². The zero-order chi connectivity index (χ0) is 29.7. The number of nitrogens with two attached hydrogens (primary N) is 1. The zero-order valence-corrected chi connectivity index (χ0v) is 22.7. The molecule has 4 rings (SSSR count). The summed E-state index contributed by atoms with van der Waals surface area (Å²) in [5.41, 5.74) is 7.63. The quantitative estimate of drug-likeness (QED) is 0.212. The van der Waals surface area contributed by atoms with Crippen molar-refractivity contribution < 1.29 is 32.3 Å². The van der Waals surface area contributed by atoms with Crippen LogP contribution in [0.5, 0.6) is 0 Å². The summed E-state index contributed by atoms with van der Waals surface area (Å²) in [7, 11) is 0. The van der Waals surface area contributed by atoms with Crippen LogP contribution in [0.1, 0.15) is 40.2 Å². The second-order valence-electron chi connectivity index (χ2n) is 9.47. The average molecular weight is 588 g/mol. The smallest absolute Gasteiger partial charge is 0.345 e. The lowest BCUT2D eigenvalue weighted by molar-refractivity contribution is -0.160. The topological polar surface area (TPSA) is 138 Å². The zero-order valence-electron chi connectivity index (χ0n) is 21.9. The van der Waals surface area contributed by atoms with Crippen LogP contribution < -0.4 is 16.4 Å². The van der Waals surface area contributed by atoms with Gasteiger partial charge in [0.15, 0.2) is 0 Å². The first-order chi connectivity index (χ1) is 19.5. The minimum absolute atomic E-state index is 0.116. The Kier molecular flexibility index (Phi) is 9.40. The Balaban J connectivity index is 1.41. The second kappa shape index (κ2) is 13.0. The highest BCUT2D eigenvalue weighted by Gasteiger charge is 2.41. The number of amidine groups is 1. The molecule has 0 saturated carbocycles. The van der Waals surface area contributed by atoms with Gasteiger partial charge >= 0.3 is 6.61 Å². The molecule has 216 valence electrons. The van der Waals surface area contributed by atoms with E-state index in [4.69, 9.17) is 11.1 Å². The van der Waals surface area contributed by atoms with Crippen LogP contribution in [0.25, 0.3) is 11.1 Å². The molecule has 1 aliphatic heterocycles. The van der Waals surface area contributed by atoms with E-state index in [1.807, 2.05) is 0 Å². The lowest BCUT2D eigenvalue weighted by Crippen LogP contribution is -2.49. The van der Waals surface area contributed by atoms with E-state index in [1.165, 1.54) is 23.5 Å². The number of nitrogens with one attached hydrogen (secondary N) is 3. The Bertz CT molecular complexity index is 1430. The van der Waals surface area contributed by atoms with Crippen LogP contribution in [0.4, 0.5) is 13.2 Å². The monoisotopic (exact) mass is 587 g/mol. The van der Waals surface area contributed by atoms with Gasteiger partial charge in [0.05, 0.1) is 18.7 Å². The number of carbonyl (C=O) groups excluding carboxylic acids is 3. The van der Waals surface area contributed by atoms with Crippen molar-refractivity contribution >= 4 is 34.9 Å². The van der Waals surface area contributed by atoms with Gasteiger partial charge in [-0.15, -0.1) is 11.3 Å². The fraction of sp³-hybridized carbons (Fsp3) is 0.286. The van der Waals surface area contributed by atoms with E-state index in [9.17, 15) is 27.6 Å². The Morgan fingerprint density at radius 3 is 2.51 bits per heavy atom. The molecule has 3 aromatic rings. The van der Waals surface area contributed by atoms with Crippen molar-refractivity contribution in [2.75, 3.05) is 13.1 Å². The summed E-state index contributed by atoms with van der Waals surface area (Å²) in [5.74, 6) is -2.27. The number of halogens is 3. The molecular formula is C28H28F3N5O4S. The van der Waals surface area contributed by atoms with Gasteiger partial charge in [-0.3, -0.25) is 19.8 Å². The van der Waals surface area contributed by atoms with Crippen molar-refractivity contribution in [3.63, 3.8) is 0 Å². The van der Waals surface area contributed by atoms with Gasteiger partial charge in [-0.1, -0.05) is 24.3 Å². The van der Waals surface area contributed by atoms with E-state index in [-0.39, 0.29) is 30.2 Å². The third-order valence-electron chi connectivity index (χ3n) is 6.60. The molecule has 3 amide bonds. The SMILES string of the molecule is CC(NC(=O)[C@@H]1C[C@@H](OC(F)F)CN1C(=O)CNC(=O)c1cccc(-c2ccc(F)cc2)c1)c1cc(C(=N)N)cs1. The summed E-state index contributed by atoms with van der Waals surface area (Å²) in [4.78, 5) is 40.9. The van der Waals surface area contributed by atoms with Crippen LogP contribution in [-0.4, -0.2) is 60.3 Å². The number of carbonyl (C=O) groups is 3. The average Bonchev–Trinajstić information content (AvgIpc) is 3.60. The molecule has 41 heavy (non-hydrogen) atoms. The number of rotatable bonds is 10. The van der Waals surface area contributed by atoms with Gasteiger partial charge in [0.25, 0.3) is 5.91 Å². The lowest BCUT2D eigenvalue weighted by atomic mass is 10.0. The highest BCUT2D eigenvalue weighted by atomic mass is 32.1. The van der Waals surface area contributed by atoms with Gasteiger partial charge in [-0.2, -0.15) is 8.78 Å². The third-order valence-corrected chi connectivity index (χ3v) is 7.72. The Morgan fingerprint density at radius 1 is 1.12 bits per heavy atom. The van der Waals surface area contributed by atoms with Crippen molar-refractivity contribution in [3.8, 4) is 11.1 Å². The molecule has 1 fully saturated rings. The van der Waals surface area contributed by atoms with Gasteiger partial charge in [0, 0.05) is 34.3 Å². The van der Waals surface area contributed by atoms with E-state index in [2.05, 4.69) is 15.4 Å². The molecule has 1 aromatic heterocycles. The Hall–Kier alpha value is -4.23. The number of likely N-dealkylation sites (tertiary alicyclic amines) is 1. The normalized spacial score (nSPS) is 17.3. The summed E-state index contributed by atoms with van der Waals surface area (Å²) >= 11 is 1.29. The minimum atomic E-state index is -3.08. The van der Waals surface area contributed by atoms with Crippen molar-refractivity contribution in [1.82, 2.24) is 15.5 Å². The molecule has 1 saturated heterocycles. The maximum Gasteiger partial charge on any atom is 0.345 e. The highest BCUT2D eigenvalue weighted by Crippen LogP contribution is 2.26. The van der Waals surface area contributed by atoms with E-state index in [0.717, 1.165) is 9.78 Å². The fourth-order valence-corrected chi connectivity index (χ4v) is 5.43. The largest absolute Gasteiger partial charge is 0.384 e. The third kappa shape index (κ3) is 7.50. The molecule has 1 unspecified atom stereocenters. The molecule has 1 aliphatic rings. The number of thiophene rings is 1. The van der Waals surface area contributed by atoms with Gasteiger partial charge < -0.3 is 26.0 Å². The standard InChI is InChI=1S/C28H28F3N5O4S/c1-15(23-10-19(14-41-23)25(32)33)35-27(39)22-11-21(40-28(30)31)13-36(22)24(37)12-34-26(38)18-4-2-3-17(9-18)16-5-7-20(29)8-6-16/h2-10,14-15,21-22,28H,11-13H2,1H3,(H3,32,33)(H,34,38)(H,35,39)/t15?,21-,22+/m1/s1. The predicted octanol–water partition coefficient (Wildman–Crippen LogP) is 3.65. The van der Waals surface area contributed by atoms with Crippen LogP contribution in [0.3, 0.4) is 0 Å². The first-order valence-corrected chi connectivity index (χ1v) is 13.5. The summed E-state index contributed by atoms with van der Waals surface area (Å²) in [6, 6.07) is 12.4. The molecule has 2 heterocycles. The van der Waals surface area contributed by atoms with Crippen LogP contribution in [-0.2, 0) is 14.3 Å².